The van der Waals surface area contributed by atoms with Gasteiger partial charge in [0, 0.05) is 6.42 Å². The lowest BCUT2D eigenvalue weighted by Gasteiger charge is -2.39. The van der Waals surface area contributed by atoms with E-state index in [9.17, 15) is 9.18 Å². The van der Waals surface area contributed by atoms with Crippen LogP contribution in [0.5, 0.6) is 0 Å². The summed E-state index contributed by atoms with van der Waals surface area (Å²) in [6, 6.07) is 17.7. The smallest absolute Gasteiger partial charge is 0.253 e. The molecule has 0 radical (unpaired) electrons. The summed E-state index contributed by atoms with van der Waals surface area (Å²) in [7, 11) is 0. The molecule has 1 atom stereocenters. The van der Waals surface area contributed by atoms with E-state index >= 15 is 0 Å². The second kappa shape index (κ2) is 8.81. The lowest BCUT2D eigenvalue weighted by molar-refractivity contribution is 0.0867. The zero-order valence-electron chi connectivity index (χ0n) is 20.4. The van der Waals surface area contributed by atoms with Crippen molar-refractivity contribution in [1.29, 1.82) is 0 Å². The molecule has 1 amide bonds. The molecule has 0 fully saturated rings. The van der Waals surface area contributed by atoms with Crippen molar-refractivity contribution in [3.8, 4) is 5.69 Å². The van der Waals surface area contributed by atoms with E-state index in [1.165, 1.54) is 12.1 Å². The van der Waals surface area contributed by atoms with Gasteiger partial charge in [0.05, 0.1) is 39.4 Å². The summed E-state index contributed by atoms with van der Waals surface area (Å²) < 4.78 is 17.6. The number of aryl methyl sites for hydroxylation is 3. The van der Waals surface area contributed by atoms with E-state index in [0.29, 0.717) is 41.5 Å². The molecule has 1 N–H and O–H groups in total. The predicted molar refractivity (Wildman–Crippen MR) is 139 cm³/mol. The van der Waals surface area contributed by atoms with Crippen LogP contribution in [0, 0.1) is 19.7 Å². The Morgan fingerprint density at radius 3 is 2.62 bits per heavy atom. The quantitative estimate of drug-likeness (QED) is 0.353. The van der Waals surface area contributed by atoms with Crippen LogP contribution >= 0.6 is 11.6 Å². The first-order valence-electron chi connectivity index (χ1n) is 12.0. The molecule has 0 bridgehead atoms. The van der Waals surface area contributed by atoms with Gasteiger partial charge in [-0.3, -0.25) is 4.79 Å². The van der Waals surface area contributed by atoms with E-state index in [0.717, 1.165) is 28.0 Å². The largest absolute Gasteiger partial charge is 0.341 e. The standard InChI is InChI=1S/C28H24ClFN6O/c1-17-3-10-25-24(13-17)32-26-11-12-28(15-35(25)26,19-4-6-20(30)7-5-19)33-27(37)22-9-8-21(14-23(22)29)36-16-31-18(2)34-36/h3-10,13-14,16H,11-12,15H2,1-2H3,(H,33,37). The average molecular weight is 515 g/mol. The number of fused-ring (bicyclic) bond motifs is 3. The molecule has 1 aliphatic heterocycles. The van der Waals surface area contributed by atoms with Crippen LogP contribution in [0.1, 0.15) is 39.6 Å². The van der Waals surface area contributed by atoms with Crippen LogP contribution in [0.4, 0.5) is 4.39 Å². The summed E-state index contributed by atoms with van der Waals surface area (Å²) in [5.74, 6) is 0.975. The highest BCUT2D eigenvalue weighted by Crippen LogP contribution is 2.36. The minimum Gasteiger partial charge on any atom is -0.341 e. The topological polar surface area (TPSA) is 77.6 Å². The van der Waals surface area contributed by atoms with Crippen molar-refractivity contribution in [3.05, 3.63) is 106 Å². The van der Waals surface area contributed by atoms with Gasteiger partial charge in [0.2, 0.25) is 0 Å². The highest BCUT2D eigenvalue weighted by molar-refractivity contribution is 6.34. The maximum Gasteiger partial charge on any atom is 0.253 e. The monoisotopic (exact) mass is 514 g/mol. The van der Waals surface area contributed by atoms with Crippen LogP contribution in [-0.2, 0) is 18.5 Å². The Kier molecular flexibility index (Phi) is 5.56. The van der Waals surface area contributed by atoms with Crippen molar-refractivity contribution in [1.82, 2.24) is 29.6 Å². The molecule has 9 heteroatoms. The van der Waals surface area contributed by atoms with E-state index < -0.39 is 5.54 Å². The van der Waals surface area contributed by atoms with Crippen molar-refractivity contribution >= 4 is 28.5 Å². The van der Waals surface area contributed by atoms with Gasteiger partial charge in [0.25, 0.3) is 5.91 Å². The van der Waals surface area contributed by atoms with Gasteiger partial charge in [-0.2, -0.15) is 5.10 Å². The molecule has 186 valence electrons. The molecule has 37 heavy (non-hydrogen) atoms. The Morgan fingerprint density at radius 1 is 1.08 bits per heavy atom. The molecule has 0 saturated heterocycles. The molecular formula is C28H24ClFN6O. The number of aromatic nitrogens is 5. The molecule has 3 aromatic carbocycles. The van der Waals surface area contributed by atoms with Gasteiger partial charge in [-0.05, 0) is 73.9 Å². The third-order valence-corrected chi connectivity index (χ3v) is 7.32. The summed E-state index contributed by atoms with van der Waals surface area (Å²) in [6.45, 7) is 4.31. The summed E-state index contributed by atoms with van der Waals surface area (Å²) in [5.41, 5.74) is 4.18. The summed E-state index contributed by atoms with van der Waals surface area (Å²) in [6.07, 6.45) is 2.87. The fourth-order valence-electron chi connectivity index (χ4n) is 5.10. The number of imidazole rings is 1. The van der Waals surface area contributed by atoms with Crippen LogP contribution in [-0.4, -0.2) is 30.2 Å². The molecule has 3 heterocycles. The Hall–Kier alpha value is -4.04. The van der Waals surface area contributed by atoms with E-state index in [1.807, 2.05) is 6.92 Å². The first kappa shape index (κ1) is 23.4. The highest BCUT2D eigenvalue weighted by atomic mass is 35.5. The first-order chi connectivity index (χ1) is 17.8. The van der Waals surface area contributed by atoms with Gasteiger partial charge in [0.1, 0.15) is 23.8 Å². The fourth-order valence-corrected chi connectivity index (χ4v) is 5.36. The van der Waals surface area contributed by atoms with Crippen LogP contribution in [0.3, 0.4) is 0 Å². The van der Waals surface area contributed by atoms with Gasteiger partial charge in [-0.25, -0.2) is 19.0 Å². The second-order valence-corrected chi connectivity index (χ2v) is 9.96. The third-order valence-electron chi connectivity index (χ3n) is 7.00. The number of nitrogens with one attached hydrogen (secondary N) is 1. The number of halogens is 2. The van der Waals surface area contributed by atoms with Crippen molar-refractivity contribution in [2.75, 3.05) is 0 Å². The van der Waals surface area contributed by atoms with Crippen molar-refractivity contribution in [2.45, 2.75) is 38.8 Å². The second-order valence-electron chi connectivity index (χ2n) is 9.55. The maximum absolute atomic E-state index is 13.8. The number of benzene rings is 3. The van der Waals surface area contributed by atoms with Crippen molar-refractivity contribution < 1.29 is 9.18 Å². The molecule has 2 aromatic heterocycles. The zero-order chi connectivity index (χ0) is 25.7. The van der Waals surface area contributed by atoms with Crippen molar-refractivity contribution in [2.24, 2.45) is 0 Å². The fraction of sp³-hybridized carbons (Fsp3) is 0.214. The number of carbonyl (C=O) groups excluding carboxylic acids is 1. The van der Waals surface area contributed by atoms with E-state index in [1.54, 1.807) is 48.3 Å². The molecule has 0 saturated carbocycles. The molecule has 6 rings (SSSR count). The predicted octanol–water partition coefficient (Wildman–Crippen LogP) is 5.30. The molecule has 7 nitrogen and oxygen atoms in total. The number of amides is 1. The molecular weight excluding hydrogens is 491 g/mol. The lowest BCUT2D eigenvalue weighted by Crippen LogP contribution is -2.51. The number of nitrogens with zero attached hydrogens (tertiary/aromatic N) is 5. The van der Waals surface area contributed by atoms with E-state index in [4.69, 9.17) is 16.6 Å². The van der Waals surface area contributed by atoms with Gasteiger partial charge in [0.15, 0.2) is 0 Å². The lowest BCUT2D eigenvalue weighted by atomic mass is 9.82. The van der Waals surface area contributed by atoms with E-state index in [-0.39, 0.29) is 11.7 Å². The van der Waals surface area contributed by atoms with Crippen LogP contribution in [0.15, 0.2) is 67.0 Å². The summed E-state index contributed by atoms with van der Waals surface area (Å²) in [5, 5.41) is 7.87. The molecule has 0 spiro atoms. The minimum absolute atomic E-state index is 0.303. The van der Waals surface area contributed by atoms with Crippen LogP contribution < -0.4 is 5.32 Å². The molecule has 1 unspecified atom stereocenters. The average Bonchev–Trinajstić information content (AvgIpc) is 3.46. The third kappa shape index (κ3) is 4.17. The Labute approximate surface area is 217 Å². The zero-order valence-corrected chi connectivity index (χ0v) is 21.1. The number of rotatable bonds is 4. The van der Waals surface area contributed by atoms with Gasteiger partial charge in [-0.15, -0.1) is 0 Å². The Bertz CT molecular complexity index is 1660. The normalized spacial score (nSPS) is 17.1. The Morgan fingerprint density at radius 2 is 1.89 bits per heavy atom. The minimum atomic E-state index is -0.776. The van der Waals surface area contributed by atoms with Gasteiger partial charge < -0.3 is 9.88 Å². The van der Waals surface area contributed by atoms with Gasteiger partial charge >= 0.3 is 0 Å². The highest BCUT2D eigenvalue weighted by Gasteiger charge is 2.39. The number of hydrogen-bond acceptors (Lipinski definition) is 4. The molecule has 1 aliphatic rings. The van der Waals surface area contributed by atoms with Crippen molar-refractivity contribution in [3.63, 3.8) is 0 Å². The Balaban J connectivity index is 1.38. The van der Waals surface area contributed by atoms with Crippen LogP contribution in [0.25, 0.3) is 16.7 Å². The number of carbonyl (C=O) groups is 1. The SMILES string of the molecule is Cc1ccc2c(c1)nc1n2CC(NC(=O)c2ccc(-n3cnc(C)n3)cc2Cl)(c2ccc(F)cc2)CC1. The van der Waals surface area contributed by atoms with E-state index in [2.05, 4.69) is 38.2 Å². The summed E-state index contributed by atoms with van der Waals surface area (Å²) >= 11 is 6.58. The first-order valence-corrected chi connectivity index (χ1v) is 12.4. The molecule has 5 aromatic rings. The van der Waals surface area contributed by atoms with Gasteiger partial charge in [-0.1, -0.05) is 29.8 Å². The van der Waals surface area contributed by atoms with Crippen LogP contribution in [0.2, 0.25) is 5.02 Å². The summed E-state index contributed by atoms with van der Waals surface area (Å²) in [4.78, 5) is 22.6. The molecule has 0 aliphatic carbocycles. The maximum atomic E-state index is 13.8. The number of hydrogen-bond donors (Lipinski definition) is 1.